The summed E-state index contributed by atoms with van der Waals surface area (Å²) in [6.45, 7) is 6.34. The second-order valence-corrected chi connectivity index (χ2v) is 5.06. The minimum absolute atomic E-state index is 0.252. The highest BCUT2D eigenvalue weighted by atomic mass is 19.4. The maximum Gasteiger partial charge on any atom is 0.417 e. The third-order valence-electron chi connectivity index (χ3n) is 3.78. The van der Waals surface area contributed by atoms with Gasteiger partial charge < -0.3 is 15.5 Å². The number of nitrogen functional groups attached to an aromatic ring is 1. The Hall–Kier alpha value is -1.76. The fourth-order valence-corrected chi connectivity index (χ4v) is 2.52. The lowest BCUT2D eigenvalue weighted by Crippen LogP contribution is -2.46. The SMILES string of the molecule is CCN1CCN(c2ccc(C(F)(F)F)c(C(=N)N)c2)CC1. The molecule has 3 N–H and O–H groups in total. The molecule has 1 fully saturated rings. The number of anilines is 1. The van der Waals surface area contributed by atoms with Gasteiger partial charge in [-0.1, -0.05) is 6.92 Å². The van der Waals surface area contributed by atoms with Crippen LogP contribution in [-0.2, 0) is 6.18 Å². The second-order valence-electron chi connectivity index (χ2n) is 5.06. The van der Waals surface area contributed by atoms with Crippen molar-refractivity contribution >= 4 is 11.5 Å². The summed E-state index contributed by atoms with van der Waals surface area (Å²) >= 11 is 0. The smallest absolute Gasteiger partial charge is 0.384 e. The summed E-state index contributed by atoms with van der Waals surface area (Å²) in [5.41, 5.74) is 4.89. The number of halogens is 3. The Morgan fingerprint density at radius 1 is 1.24 bits per heavy atom. The lowest BCUT2D eigenvalue weighted by Gasteiger charge is -2.35. The lowest BCUT2D eigenvalue weighted by atomic mass is 10.0. The number of nitrogens with zero attached hydrogens (tertiary/aromatic N) is 2. The van der Waals surface area contributed by atoms with E-state index in [0.717, 1.165) is 38.8 Å². The zero-order chi connectivity index (χ0) is 15.6. The molecule has 0 saturated carbocycles. The molecule has 2 rings (SSSR count). The van der Waals surface area contributed by atoms with E-state index in [1.807, 2.05) is 4.90 Å². The van der Waals surface area contributed by atoms with Crippen molar-refractivity contribution in [3.8, 4) is 0 Å². The average molecular weight is 300 g/mol. The van der Waals surface area contributed by atoms with Crippen molar-refractivity contribution in [2.75, 3.05) is 37.6 Å². The number of rotatable bonds is 3. The van der Waals surface area contributed by atoms with Crippen molar-refractivity contribution in [2.45, 2.75) is 13.1 Å². The molecule has 7 heteroatoms. The van der Waals surface area contributed by atoms with E-state index in [9.17, 15) is 13.2 Å². The normalized spacial score (nSPS) is 17.0. The van der Waals surface area contributed by atoms with Gasteiger partial charge in [-0.2, -0.15) is 13.2 Å². The molecule has 1 heterocycles. The van der Waals surface area contributed by atoms with Gasteiger partial charge in [0.2, 0.25) is 0 Å². The first-order valence-electron chi connectivity index (χ1n) is 6.86. The molecule has 0 bridgehead atoms. The number of hydrogen-bond acceptors (Lipinski definition) is 3. The van der Waals surface area contributed by atoms with Crippen LogP contribution in [0.2, 0.25) is 0 Å². The molecule has 0 amide bonds. The van der Waals surface area contributed by atoms with Crippen LogP contribution in [-0.4, -0.2) is 43.5 Å². The number of hydrogen-bond donors (Lipinski definition) is 2. The third kappa shape index (κ3) is 3.47. The van der Waals surface area contributed by atoms with Gasteiger partial charge in [0.15, 0.2) is 0 Å². The number of likely N-dealkylation sites (N-methyl/N-ethyl adjacent to an activating group) is 1. The number of piperazine rings is 1. The van der Waals surface area contributed by atoms with E-state index in [1.165, 1.54) is 12.1 Å². The summed E-state index contributed by atoms with van der Waals surface area (Å²) < 4.78 is 38.7. The van der Waals surface area contributed by atoms with Crippen LogP contribution in [0.1, 0.15) is 18.1 Å². The van der Waals surface area contributed by atoms with Gasteiger partial charge in [-0.3, -0.25) is 5.41 Å². The van der Waals surface area contributed by atoms with Crippen LogP contribution in [0.3, 0.4) is 0 Å². The Morgan fingerprint density at radius 3 is 2.33 bits per heavy atom. The van der Waals surface area contributed by atoms with Crippen molar-refractivity contribution in [1.82, 2.24) is 4.90 Å². The van der Waals surface area contributed by atoms with Crippen molar-refractivity contribution in [3.63, 3.8) is 0 Å². The fraction of sp³-hybridized carbons (Fsp3) is 0.500. The van der Waals surface area contributed by atoms with E-state index in [-0.39, 0.29) is 5.56 Å². The molecule has 0 radical (unpaired) electrons. The number of amidine groups is 1. The third-order valence-corrected chi connectivity index (χ3v) is 3.78. The Bertz CT molecular complexity index is 519. The molecule has 1 aromatic carbocycles. The van der Waals surface area contributed by atoms with Crippen molar-refractivity contribution in [2.24, 2.45) is 5.73 Å². The summed E-state index contributed by atoms with van der Waals surface area (Å²) in [4.78, 5) is 4.31. The van der Waals surface area contributed by atoms with Gasteiger partial charge in [0, 0.05) is 37.4 Å². The summed E-state index contributed by atoms with van der Waals surface area (Å²) in [6.07, 6.45) is -4.50. The summed E-state index contributed by atoms with van der Waals surface area (Å²) in [5.74, 6) is -0.559. The predicted octanol–water partition coefficient (Wildman–Crippen LogP) is 2.13. The Morgan fingerprint density at radius 2 is 1.86 bits per heavy atom. The minimum atomic E-state index is -4.50. The van der Waals surface area contributed by atoms with Crippen LogP contribution >= 0.6 is 0 Å². The maximum atomic E-state index is 12.9. The van der Waals surface area contributed by atoms with E-state index in [4.69, 9.17) is 11.1 Å². The van der Waals surface area contributed by atoms with Crippen molar-refractivity contribution < 1.29 is 13.2 Å². The minimum Gasteiger partial charge on any atom is -0.384 e. The summed E-state index contributed by atoms with van der Waals surface area (Å²) in [7, 11) is 0. The molecule has 0 aliphatic carbocycles. The van der Waals surface area contributed by atoms with Crippen LogP contribution in [0.4, 0.5) is 18.9 Å². The zero-order valence-corrected chi connectivity index (χ0v) is 11.9. The van der Waals surface area contributed by atoms with Crippen LogP contribution in [0.15, 0.2) is 18.2 Å². The van der Waals surface area contributed by atoms with E-state index in [0.29, 0.717) is 5.69 Å². The standard InChI is InChI=1S/C14H19F3N4/c1-2-20-5-7-21(8-6-20)10-3-4-12(14(15,16)17)11(9-10)13(18)19/h3-4,9H,2,5-8H2,1H3,(H3,18,19). The quantitative estimate of drug-likeness (QED) is 0.664. The first-order valence-corrected chi connectivity index (χ1v) is 6.86. The molecule has 1 aliphatic heterocycles. The van der Waals surface area contributed by atoms with E-state index < -0.39 is 17.6 Å². The largest absolute Gasteiger partial charge is 0.417 e. The molecular weight excluding hydrogens is 281 g/mol. The van der Waals surface area contributed by atoms with Gasteiger partial charge in [0.1, 0.15) is 5.84 Å². The van der Waals surface area contributed by atoms with Crippen LogP contribution in [0.5, 0.6) is 0 Å². The van der Waals surface area contributed by atoms with E-state index in [1.54, 1.807) is 0 Å². The first kappa shape index (κ1) is 15.6. The molecule has 1 saturated heterocycles. The fourth-order valence-electron chi connectivity index (χ4n) is 2.52. The summed E-state index contributed by atoms with van der Waals surface area (Å²) in [5, 5.41) is 7.38. The molecule has 4 nitrogen and oxygen atoms in total. The Kier molecular flexibility index (Phi) is 4.41. The highest BCUT2D eigenvalue weighted by molar-refractivity contribution is 5.97. The van der Waals surface area contributed by atoms with Crippen LogP contribution in [0.25, 0.3) is 0 Å². The first-order chi connectivity index (χ1) is 9.82. The number of benzene rings is 1. The average Bonchev–Trinajstić information content (AvgIpc) is 2.45. The van der Waals surface area contributed by atoms with Crippen LogP contribution < -0.4 is 10.6 Å². The van der Waals surface area contributed by atoms with Gasteiger partial charge in [-0.25, -0.2) is 0 Å². The number of alkyl halides is 3. The Balaban J connectivity index is 2.27. The zero-order valence-electron chi connectivity index (χ0n) is 11.9. The topological polar surface area (TPSA) is 56.4 Å². The Labute approximate surface area is 121 Å². The van der Waals surface area contributed by atoms with E-state index >= 15 is 0 Å². The molecule has 1 aromatic rings. The molecule has 0 atom stereocenters. The van der Waals surface area contributed by atoms with E-state index in [2.05, 4.69) is 11.8 Å². The summed E-state index contributed by atoms with van der Waals surface area (Å²) in [6, 6.07) is 3.84. The van der Waals surface area contributed by atoms with Gasteiger partial charge in [0.25, 0.3) is 0 Å². The molecule has 0 aromatic heterocycles. The van der Waals surface area contributed by atoms with Crippen LogP contribution in [0, 0.1) is 5.41 Å². The van der Waals surface area contributed by atoms with Gasteiger partial charge in [-0.15, -0.1) is 0 Å². The second kappa shape index (κ2) is 5.93. The predicted molar refractivity (Wildman–Crippen MR) is 76.8 cm³/mol. The highest BCUT2D eigenvalue weighted by Gasteiger charge is 2.34. The molecule has 21 heavy (non-hydrogen) atoms. The van der Waals surface area contributed by atoms with Gasteiger partial charge in [-0.05, 0) is 24.7 Å². The van der Waals surface area contributed by atoms with Crippen molar-refractivity contribution in [1.29, 1.82) is 5.41 Å². The molecule has 116 valence electrons. The maximum absolute atomic E-state index is 12.9. The molecule has 0 unspecified atom stereocenters. The molecule has 1 aliphatic rings. The monoisotopic (exact) mass is 300 g/mol. The lowest BCUT2D eigenvalue weighted by molar-refractivity contribution is -0.137. The number of nitrogens with one attached hydrogen (secondary N) is 1. The highest BCUT2D eigenvalue weighted by Crippen LogP contribution is 2.34. The van der Waals surface area contributed by atoms with Crippen molar-refractivity contribution in [3.05, 3.63) is 29.3 Å². The van der Waals surface area contributed by atoms with Gasteiger partial charge in [0.05, 0.1) is 5.56 Å². The van der Waals surface area contributed by atoms with Gasteiger partial charge >= 0.3 is 6.18 Å². The number of nitrogens with two attached hydrogens (primary N) is 1. The molecular formula is C14H19F3N4. The molecule has 0 spiro atoms.